The summed E-state index contributed by atoms with van der Waals surface area (Å²) in [6.07, 6.45) is 3.85. The SMILES string of the molecule is CCN(CC)c1ccncc1CNCC(C)C. The molecule has 17 heavy (non-hydrogen) atoms. The molecule has 1 heterocycles. The number of pyridine rings is 1. The predicted octanol–water partition coefficient (Wildman–Crippen LogP) is 2.67. The van der Waals surface area contributed by atoms with Gasteiger partial charge in [0.15, 0.2) is 0 Å². The predicted molar refractivity (Wildman–Crippen MR) is 74.3 cm³/mol. The third-order valence-corrected chi connectivity index (χ3v) is 2.85. The molecule has 96 valence electrons. The van der Waals surface area contributed by atoms with E-state index in [4.69, 9.17) is 0 Å². The second-order valence-corrected chi connectivity index (χ2v) is 4.70. The highest BCUT2D eigenvalue weighted by Gasteiger charge is 2.07. The number of nitrogens with zero attached hydrogens (tertiary/aromatic N) is 2. The first kappa shape index (κ1) is 14.0. The van der Waals surface area contributed by atoms with Crippen LogP contribution < -0.4 is 10.2 Å². The average molecular weight is 235 g/mol. The fourth-order valence-corrected chi connectivity index (χ4v) is 1.92. The Morgan fingerprint density at radius 3 is 2.59 bits per heavy atom. The zero-order valence-corrected chi connectivity index (χ0v) is 11.5. The van der Waals surface area contributed by atoms with Crippen molar-refractivity contribution >= 4 is 5.69 Å². The molecule has 0 fully saturated rings. The lowest BCUT2D eigenvalue weighted by Crippen LogP contribution is -2.25. The molecule has 1 N–H and O–H groups in total. The Morgan fingerprint density at radius 1 is 1.29 bits per heavy atom. The summed E-state index contributed by atoms with van der Waals surface area (Å²) in [7, 11) is 0. The van der Waals surface area contributed by atoms with Crippen molar-refractivity contribution < 1.29 is 0 Å². The summed E-state index contributed by atoms with van der Waals surface area (Å²) in [6, 6.07) is 2.11. The van der Waals surface area contributed by atoms with Crippen molar-refractivity contribution in [3.8, 4) is 0 Å². The van der Waals surface area contributed by atoms with E-state index < -0.39 is 0 Å². The van der Waals surface area contributed by atoms with E-state index in [0.29, 0.717) is 5.92 Å². The Morgan fingerprint density at radius 2 is 2.00 bits per heavy atom. The highest BCUT2D eigenvalue weighted by molar-refractivity contribution is 5.52. The summed E-state index contributed by atoms with van der Waals surface area (Å²) in [5.41, 5.74) is 2.60. The molecule has 3 heteroatoms. The quantitative estimate of drug-likeness (QED) is 0.787. The molecule has 0 amide bonds. The smallest absolute Gasteiger partial charge is 0.0442 e. The van der Waals surface area contributed by atoms with E-state index in [-0.39, 0.29) is 0 Å². The second-order valence-electron chi connectivity index (χ2n) is 4.70. The van der Waals surface area contributed by atoms with Crippen molar-refractivity contribution in [2.45, 2.75) is 34.2 Å². The van der Waals surface area contributed by atoms with Crippen LogP contribution in [-0.2, 0) is 6.54 Å². The molecule has 0 aliphatic heterocycles. The fourth-order valence-electron chi connectivity index (χ4n) is 1.92. The van der Waals surface area contributed by atoms with Crippen LogP contribution in [0.5, 0.6) is 0 Å². The standard InChI is InChI=1S/C14H25N3/c1-5-17(6-2)14-7-8-15-10-13(14)11-16-9-12(3)4/h7-8,10,12,16H,5-6,9,11H2,1-4H3. The van der Waals surface area contributed by atoms with E-state index in [1.54, 1.807) is 0 Å². The van der Waals surface area contributed by atoms with Gasteiger partial charge < -0.3 is 10.2 Å². The van der Waals surface area contributed by atoms with Gasteiger partial charge in [-0.25, -0.2) is 0 Å². The number of rotatable bonds is 7. The third kappa shape index (κ3) is 4.35. The maximum atomic E-state index is 4.23. The molecular weight excluding hydrogens is 210 g/mol. The van der Waals surface area contributed by atoms with Gasteiger partial charge in [-0.2, -0.15) is 0 Å². The molecule has 1 aromatic rings. The first-order valence-corrected chi connectivity index (χ1v) is 6.57. The molecule has 1 rings (SSSR count). The van der Waals surface area contributed by atoms with Gasteiger partial charge in [0.2, 0.25) is 0 Å². The summed E-state index contributed by atoms with van der Waals surface area (Å²) in [5, 5.41) is 3.48. The van der Waals surface area contributed by atoms with E-state index >= 15 is 0 Å². The van der Waals surface area contributed by atoms with E-state index in [9.17, 15) is 0 Å². The summed E-state index contributed by atoms with van der Waals surface area (Å²) >= 11 is 0. The molecule has 0 saturated carbocycles. The van der Waals surface area contributed by atoms with Crippen molar-refractivity contribution in [2.24, 2.45) is 5.92 Å². The van der Waals surface area contributed by atoms with Crippen molar-refractivity contribution in [1.29, 1.82) is 0 Å². The normalized spacial score (nSPS) is 10.9. The molecule has 0 atom stereocenters. The van der Waals surface area contributed by atoms with Gasteiger partial charge in [-0.3, -0.25) is 4.98 Å². The number of nitrogens with one attached hydrogen (secondary N) is 1. The second kappa shape index (κ2) is 7.28. The molecule has 1 aromatic heterocycles. The minimum absolute atomic E-state index is 0.684. The minimum Gasteiger partial charge on any atom is -0.372 e. The van der Waals surface area contributed by atoms with E-state index in [2.05, 4.69) is 49.0 Å². The van der Waals surface area contributed by atoms with Crippen molar-refractivity contribution in [2.75, 3.05) is 24.5 Å². The van der Waals surface area contributed by atoms with Crippen LogP contribution in [0.4, 0.5) is 5.69 Å². The van der Waals surface area contributed by atoms with Crippen molar-refractivity contribution in [3.63, 3.8) is 0 Å². The number of hydrogen-bond acceptors (Lipinski definition) is 3. The lowest BCUT2D eigenvalue weighted by Gasteiger charge is -2.24. The zero-order valence-electron chi connectivity index (χ0n) is 11.5. The van der Waals surface area contributed by atoms with Crippen LogP contribution in [0.3, 0.4) is 0 Å². The van der Waals surface area contributed by atoms with E-state index in [1.807, 2.05) is 12.4 Å². The van der Waals surface area contributed by atoms with Crippen LogP contribution in [0.1, 0.15) is 33.3 Å². The number of anilines is 1. The maximum Gasteiger partial charge on any atom is 0.0442 e. The summed E-state index contributed by atoms with van der Waals surface area (Å²) in [5.74, 6) is 0.684. The van der Waals surface area contributed by atoms with Gasteiger partial charge in [0, 0.05) is 43.3 Å². The van der Waals surface area contributed by atoms with Crippen molar-refractivity contribution in [1.82, 2.24) is 10.3 Å². The molecule has 0 radical (unpaired) electrons. The Bertz CT molecular complexity index is 319. The highest BCUT2D eigenvalue weighted by Crippen LogP contribution is 2.18. The summed E-state index contributed by atoms with van der Waals surface area (Å²) in [4.78, 5) is 6.60. The monoisotopic (exact) mass is 235 g/mol. The first-order chi connectivity index (χ1) is 8.19. The van der Waals surface area contributed by atoms with Crippen LogP contribution in [0.15, 0.2) is 18.5 Å². The molecule has 0 aliphatic rings. The minimum atomic E-state index is 0.684. The Balaban J connectivity index is 2.70. The van der Waals surface area contributed by atoms with Gasteiger partial charge in [0.25, 0.3) is 0 Å². The summed E-state index contributed by atoms with van der Waals surface area (Å²) < 4.78 is 0. The lowest BCUT2D eigenvalue weighted by atomic mass is 10.2. The van der Waals surface area contributed by atoms with Crippen LogP contribution in [0.2, 0.25) is 0 Å². The average Bonchev–Trinajstić information content (AvgIpc) is 2.32. The molecule has 0 bridgehead atoms. The van der Waals surface area contributed by atoms with Gasteiger partial charge in [-0.05, 0) is 32.4 Å². The Labute approximate surface area is 105 Å². The van der Waals surface area contributed by atoms with Crippen LogP contribution in [0, 0.1) is 5.92 Å². The van der Waals surface area contributed by atoms with E-state index in [1.165, 1.54) is 11.3 Å². The molecule has 0 aliphatic carbocycles. The maximum absolute atomic E-state index is 4.23. The van der Waals surface area contributed by atoms with Crippen LogP contribution >= 0.6 is 0 Å². The first-order valence-electron chi connectivity index (χ1n) is 6.57. The zero-order chi connectivity index (χ0) is 12.7. The van der Waals surface area contributed by atoms with Gasteiger partial charge in [0.05, 0.1) is 0 Å². The third-order valence-electron chi connectivity index (χ3n) is 2.85. The van der Waals surface area contributed by atoms with Gasteiger partial charge >= 0.3 is 0 Å². The molecular formula is C14H25N3. The number of hydrogen-bond donors (Lipinski definition) is 1. The van der Waals surface area contributed by atoms with Crippen molar-refractivity contribution in [3.05, 3.63) is 24.0 Å². The molecule has 0 saturated heterocycles. The van der Waals surface area contributed by atoms with Gasteiger partial charge in [0.1, 0.15) is 0 Å². The van der Waals surface area contributed by atoms with Gasteiger partial charge in [-0.1, -0.05) is 13.8 Å². The largest absolute Gasteiger partial charge is 0.372 e. The summed E-state index contributed by atoms with van der Waals surface area (Å²) in [6.45, 7) is 12.9. The Hall–Kier alpha value is -1.09. The van der Waals surface area contributed by atoms with Crippen LogP contribution in [0.25, 0.3) is 0 Å². The van der Waals surface area contributed by atoms with Crippen LogP contribution in [-0.4, -0.2) is 24.6 Å². The Kier molecular flexibility index (Phi) is 5.98. The molecule has 0 unspecified atom stereocenters. The highest BCUT2D eigenvalue weighted by atomic mass is 15.1. The molecule has 0 aromatic carbocycles. The topological polar surface area (TPSA) is 28.2 Å². The number of aromatic nitrogens is 1. The molecule has 0 spiro atoms. The molecule has 3 nitrogen and oxygen atoms in total. The lowest BCUT2D eigenvalue weighted by molar-refractivity contribution is 0.551. The fraction of sp³-hybridized carbons (Fsp3) is 0.643. The van der Waals surface area contributed by atoms with Gasteiger partial charge in [-0.15, -0.1) is 0 Å². The van der Waals surface area contributed by atoms with E-state index in [0.717, 1.165) is 26.2 Å².